The normalized spacial score (nSPS) is 10.6. The third-order valence-corrected chi connectivity index (χ3v) is 4.55. The summed E-state index contributed by atoms with van der Waals surface area (Å²) in [6.45, 7) is 0.163. The third kappa shape index (κ3) is 4.57. The van der Waals surface area contributed by atoms with Gasteiger partial charge in [-0.15, -0.1) is 0 Å². The van der Waals surface area contributed by atoms with Crippen LogP contribution in [0.25, 0.3) is 0 Å². The summed E-state index contributed by atoms with van der Waals surface area (Å²) < 4.78 is 29.3. The SMILES string of the molecule is Fc1cccc(NC(=S)Nc2nn(Cc3c(F)cccc3Cl)cc2Br)c1. The Balaban J connectivity index is 1.71. The maximum absolute atomic E-state index is 13.9. The molecule has 0 unspecified atom stereocenters. The summed E-state index contributed by atoms with van der Waals surface area (Å²) in [4.78, 5) is 0. The largest absolute Gasteiger partial charge is 0.332 e. The van der Waals surface area contributed by atoms with Crippen molar-refractivity contribution in [2.24, 2.45) is 0 Å². The minimum absolute atomic E-state index is 0.163. The van der Waals surface area contributed by atoms with E-state index in [0.717, 1.165) is 0 Å². The van der Waals surface area contributed by atoms with Crippen LogP contribution in [0, 0.1) is 11.6 Å². The van der Waals surface area contributed by atoms with Crippen molar-refractivity contribution in [3.63, 3.8) is 0 Å². The van der Waals surface area contributed by atoms with Gasteiger partial charge in [-0.3, -0.25) is 4.68 Å². The molecule has 2 aromatic carbocycles. The molecule has 0 saturated heterocycles. The molecule has 0 bridgehead atoms. The zero-order valence-corrected chi connectivity index (χ0v) is 16.3. The Labute approximate surface area is 167 Å². The first-order valence-electron chi connectivity index (χ1n) is 7.42. The zero-order chi connectivity index (χ0) is 18.7. The van der Waals surface area contributed by atoms with Crippen LogP contribution in [-0.4, -0.2) is 14.9 Å². The molecule has 0 amide bonds. The van der Waals surface area contributed by atoms with Crippen molar-refractivity contribution < 1.29 is 8.78 Å². The standard InChI is InChI=1S/C17H12BrClF2N4S/c18-13-9-25(8-12-14(19)5-2-6-15(12)21)24-16(13)23-17(26)22-11-4-1-3-10(20)7-11/h1-7,9H,8H2,(H2,22,23,24,26). The molecule has 4 nitrogen and oxygen atoms in total. The van der Waals surface area contributed by atoms with Crippen LogP contribution >= 0.6 is 39.7 Å². The predicted octanol–water partition coefficient (Wildman–Crippen LogP) is 5.43. The first kappa shape index (κ1) is 18.8. The van der Waals surface area contributed by atoms with E-state index in [-0.39, 0.29) is 17.5 Å². The Bertz CT molecular complexity index is 943. The number of anilines is 2. The van der Waals surface area contributed by atoms with E-state index in [0.29, 0.717) is 26.6 Å². The quantitative estimate of drug-likeness (QED) is 0.512. The summed E-state index contributed by atoms with van der Waals surface area (Å²) in [5.74, 6) is -0.335. The van der Waals surface area contributed by atoms with Crippen molar-refractivity contribution in [1.82, 2.24) is 9.78 Å². The molecule has 0 atom stereocenters. The second-order valence-corrected chi connectivity index (χ2v) is 6.98. The summed E-state index contributed by atoms with van der Waals surface area (Å²) in [7, 11) is 0. The fourth-order valence-electron chi connectivity index (χ4n) is 2.24. The van der Waals surface area contributed by atoms with Gasteiger partial charge in [0.15, 0.2) is 10.9 Å². The second kappa shape index (κ2) is 8.11. The summed E-state index contributed by atoms with van der Waals surface area (Å²) >= 11 is 14.6. The summed E-state index contributed by atoms with van der Waals surface area (Å²) in [5.41, 5.74) is 0.854. The van der Waals surface area contributed by atoms with Gasteiger partial charge in [-0.05, 0) is 58.5 Å². The van der Waals surface area contributed by atoms with Crippen LogP contribution in [0.2, 0.25) is 5.02 Å². The van der Waals surface area contributed by atoms with Gasteiger partial charge in [0.1, 0.15) is 11.6 Å². The number of rotatable bonds is 4. The summed E-state index contributed by atoms with van der Waals surface area (Å²) in [6.07, 6.45) is 1.68. The monoisotopic (exact) mass is 456 g/mol. The van der Waals surface area contributed by atoms with E-state index < -0.39 is 5.82 Å². The van der Waals surface area contributed by atoms with Crippen molar-refractivity contribution in [1.29, 1.82) is 0 Å². The highest BCUT2D eigenvalue weighted by atomic mass is 79.9. The van der Waals surface area contributed by atoms with Crippen LogP contribution in [0.4, 0.5) is 20.3 Å². The molecule has 9 heteroatoms. The number of thiocarbonyl (C=S) groups is 1. The van der Waals surface area contributed by atoms with Crippen molar-refractivity contribution >= 4 is 56.4 Å². The Kier molecular flexibility index (Phi) is 5.85. The number of hydrogen-bond acceptors (Lipinski definition) is 2. The molecule has 3 rings (SSSR count). The Morgan fingerprint density at radius 1 is 1.19 bits per heavy atom. The molecule has 0 aliphatic heterocycles. The lowest BCUT2D eigenvalue weighted by Gasteiger charge is -2.09. The average molecular weight is 458 g/mol. The maximum atomic E-state index is 13.9. The van der Waals surface area contributed by atoms with Crippen LogP contribution in [-0.2, 0) is 6.54 Å². The molecule has 26 heavy (non-hydrogen) atoms. The predicted molar refractivity (Wildman–Crippen MR) is 107 cm³/mol. The van der Waals surface area contributed by atoms with Gasteiger partial charge in [-0.2, -0.15) is 5.10 Å². The second-order valence-electron chi connectivity index (χ2n) is 5.31. The van der Waals surface area contributed by atoms with Crippen molar-refractivity contribution in [3.05, 3.63) is 75.4 Å². The highest BCUT2D eigenvalue weighted by Gasteiger charge is 2.12. The molecule has 0 aliphatic rings. The van der Waals surface area contributed by atoms with Crippen LogP contribution in [0.5, 0.6) is 0 Å². The maximum Gasteiger partial charge on any atom is 0.176 e. The molecule has 1 aromatic heterocycles. The molecular formula is C17H12BrClF2N4S. The number of nitrogens with one attached hydrogen (secondary N) is 2. The van der Waals surface area contributed by atoms with Crippen LogP contribution in [0.15, 0.2) is 53.1 Å². The van der Waals surface area contributed by atoms with E-state index >= 15 is 0 Å². The lowest BCUT2D eigenvalue weighted by Crippen LogP contribution is -2.20. The van der Waals surface area contributed by atoms with E-state index in [1.807, 2.05) is 0 Å². The fraction of sp³-hybridized carbons (Fsp3) is 0.0588. The number of aromatic nitrogens is 2. The van der Waals surface area contributed by atoms with E-state index in [4.69, 9.17) is 23.8 Å². The summed E-state index contributed by atoms with van der Waals surface area (Å²) in [6, 6.07) is 10.4. The number of halogens is 4. The van der Waals surface area contributed by atoms with Crippen LogP contribution < -0.4 is 10.6 Å². The first-order chi connectivity index (χ1) is 12.4. The van der Waals surface area contributed by atoms with Gasteiger partial charge in [-0.1, -0.05) is 23.7 Å². The van der Waals surface area contributed by atoms with E-state index in [9.17, 15) is 8.78 Å². The molecule has 3 aromatic rings. The Morgan fingerprint density at radius 2 is 1.96 bits per heavy atom. The van der Waals surface area contributed by atoms with Gasteiger partial charge < -0.3 is 10.6 Å². The minimum atomic E-state index is -0.401. The minimum Gasteiger partial charge on any atom is -0.332 e. The van der Waals surface area contributed by atoms with E-state index in [1.165, 1.54) is 22.9 Å². The molecule has 0 spiro atoms. The van der Waals surface area contributed by atoms with Crippen molar-refractivity contribution in [2.45, 2.75) is 6.54 Å². The zero-order valence-electron chi connectivity index (χ0n) is 13.1. The molecule has 0 aliphatic carbocycles. The lowest BCUT2D eigenvalue weighted by molar-refractivity contribution is 0.586. The molecule has 2 N–H and O–H groups in total. The molecule has 1 heterocycles. The number of benzene rings is 2. The molecule has 0 radical (unpaired) electrons. The van der Waals surface area contributed by atoms with Crippen molar-refractivity contribution in [2.75, 3.05) is 10.6 Å². The fourth-order valence-corrected chi connectivity index (χ4v) is 3.10. The molecule has 0 saturated carbocycles. The lowest BCUT2D eigenvalue weighted by atomic mass is 10.2. The van der Waals surface area contributed by atoms with Crippen LogP contribution in [0.3, 0.4) is 0 Å². The van der Waals surface area contributed by atoms with Gasteiger partial charge in [0.2, 0.25) is 0 Å². The van der Waals surface area contributed by atoms with Gasteiger partial charge in [0.25, 0.3) is 0 Å². The van der Waals surface area contributed by atoms with Gasteiger partial charge in [0, 0.05) is 22.5 Å². The van der Waals surface area contributed by atoms with Gasteiger partial charge >= 0.3 is 0 Å². The number of hydrogen-bond donors (Lipinski definition) is 2. The van der Waals surface area contributed by atoms with Crippen LogP contribution in [0.1, 0.15) is 5.56 Å². The first-order valence-corrected chi connectivity index (χ1v) is 8.99. The third-order valence-electron chi connectivity index (χ3n) is 3.41. The number of nitrogens with zero attached hydrogens (tertiary/aromatic N) is 2. The average Bonchev–Trinajstić information content (AvgIpc) is 2.90. The van der Waals surface area contributed by atoms with E-state index in [2.05, 4.69) is 31.7 Å². The Hall–Kier alpha value is -2.03. The molecular weight excluding hydrogens is 446 g/mol. The van der Waals surface area contributed by atoms with Gasteiger partial charge in [0.05, 0.1) is 11.0 Å². The molecule has 134 valence electrons. The highest BCUT2D eigenvalue weighted by molar-refractivity contribution is 9.10. The van der Waals surface area contributed by atoms with Crippen molar-refractivity contribution in [3.8, 4) is 0 Å². The molecule has 0 fully saturated rings. The topological polar surface area (TPSA) is 41.9 Å². The smallest absolute Gasteiger partial charge is 0.176 e. The summed E-state index contributed by atoms with van der Waals surface area (Å²) in [5, 5.41) is 10.7. The Morgan fingerprint density at radius 3 is 2.69 bits per heavy atom. The van der Waals surface area contributed by atoms with Gasteiger partial charge in [-0.25, -0.2) is 8.78 Å². The van der Waals surface area contributed by atoms with E-state index in [1.54, 1.807) is 30.5 Å². The highest BCUT2D eigenvalue weighted by Crippen LogP contribution is 2.24.